The molecule has 0 unspecified atom stereocenters. The van der Waals surface area contributed by atoms with Crippen molar-refractivity contribution in [3.05, 3.63) is 29.3 Å². The van der Waals surface area contributed by atoms with Crippen LogP contribution < -0.4 is 11.1 Å². The molecular weight excluding hydrogens is 236 g/mol. The third-order valence-electron chi connectivity index (χ3n) is 2.22. The summed E-state index contributed by atoms with van der Waals surface area (Å²) in [5, 5.41) is 2.33. The zero-order valence-electron chi connectivity index (χ0n) is 10.1. The highest BCUT2D eigenvalue weighted by atomic mass is 16.5. The third kappa shape index (κ3) is 3.31. The van der Waals surface area contributed by atoms with E-state index in [-0.39, 0.29) is 12.2 Å². The van der Waals surface area contributed by atoms with E-state index in [1.165, 1.54) is 6.07 Å². The molecule has 1 aromatic rings. The van der Waals surface area contributed by atoms with Crippen molar-refractivity contribution in [3.8, 4) is 0 Å². The molecular formula is C12H14N2O4. The predicted molar refractivity (Wildman–Crippen MR) is 65.0 cm³/mol. The molecule has 0 spiro atoms. The predicted octanol–water partition coefficient (Wildman–Crippen LogP) is 0.596. The zero-order chi connectivity index (χ0) is 13.7. The fourth-order valence-corrected chi connectivity index (χ4v) is 1.34. The summed E-state index contributed by atoms with van der Waals surface area (Å²) in [5.74, 6) is -2.46. The lowest BCUT2D eigenvalue weighted by Crippen LogP contribution is -2.25. The van der Waals surface area contributed by atoms with E-state index >= 15 is 0 Å². The van der Waals surface area contributed by atoms with Crippen LogP contribution in [0.2, 0.25) is 0 Å². The van der Waals surface area contributed by atoms with E-state index in [0.29, 0.717) is 11.3 Å². The van der Waals surface area contributed by atoms with Crippen molar-refractivity contribution in [1.82, 2.24) is 0 Å². The second-order valence-electron chi connectivity index (χ2n) is 3.57. The molecule has 2 amide bonds. The molecule has 0 aliphatic rings. The number of anilines is 1. The number of ether oxygens (including phenoxy) is 1. The van der Waals surface area contributed by atoms with Gasteiger partial charge in [-0.15, -0.1) is 0 Å². The van der Waals surface area contributed by atoms with Crippen LogP contribution >= 0.6 is 0 Å². The molecule has 0 saturated heterocycles. The smallest absolute Gasteiger partial charge is 0.397 e. The summed E-state index contributed by atoms with van der Waals surface area (Å²) in [6.45, 7) is 3.44. The molecule has 0 fully saturated rings. The topological polar surface area (TPSA) is 98.5 Å². The first kappa shape index (κ1) is 13.7. The molecule has 3 N–H and O–H groups in total. The number of hydrogen-bond donors (Lipinski definition) is 2. The summed E-state index contributed by atoms with van der Waals surface area (Å²) in [5.41, 5.74) is 6.47. The van der Waals surface area contributed by atoms with E-state index in [1.807, 2.05) is 0 Å². The van der Waals surface area contributed by atoms with E-state index in [4.69, 9.17) is 5.73 Å². The van der Waals surface area contributed by atoms with Crippen molar-refractivity contribution in [2.75, 3.05) is 11.9 Å². The Morgan fingerprint density at radius 3 is 2.56 bits per heavy atom. The largest absolute Gasteiger partial charge is 0.459 e. The Hall–Kier alpha value is -2.37. The van der Waals surface area contributed by atoms with Gasteiger partial charge in [0.25, 0.3) is 0 Å². The minimum absolute atomic E-state index is 0.118. The van der Waals surface area contributed by atoms with E-state index in [9.17, 15) is 14.4 Å². The van der Waals surface area contributed by atoms with Crippen molar-refractivity contribution >= 4 is 23.5 Å². The van der Waals surface area contributed by atoms with Crippen molar-refractivity contribution in [3.63, 3.8) is 0 Å². The van der Waals surface area contributed by atoms with Crippen molar-refractivity contribution in [1.29, 1.82) is 0 Å². The molecule has 0 radical (unpaired) electrons. The molecule has 6 heteroatoms. The Bertz CT molecular complexity index is 497. The highest BCUT2D eigenvalue weighted by Gasteiger charge is 2.15. The number of primary amides is 1. The number of carbonyl (C=O) groups is 3. The number of hydrogen-bond acceptors (Lipinski definition) is 4. The Kier molecular flexibility index (Phi) is 4.42. The molecule has 0 bridgehead atoms. The molecule has 0 atom stereocenters. The van der Waals surface area contributed by atoms with E-state index in [0.717, 1.165) is 0 Å². The highest BCUT2D eigenvalue weighted by Crippen LogP contribution is 2.14. The van der Waals surface area contributed by atoms with Gasteiger partial charge in [0, 0.05) is 11.3 Å². The number of amides is 2. The van der Waals surface area contributed by atoms with Gasteiger partial charge in [-0.2, -0.15) is 0 Å². The summed E-state index contributed by atoms with van der Waals surface area (Å²) in [6, 6.07) is 4.61. The van der Waals surface area contributed by atoms with Crippen LogP contribution in [-0.4, -0.2) is 24.4 Å². The summed E-state index contributed by atoms with van der Waals surface area (Å²) in [6.07, 6.45) is 0. The van der Waals surface area contributed by atoms with Crippen LogP contribution in [0.15, 0.2) is 18.2 Å². The van der Waals surface area contributed by atoms with Gasteiger partial charge in [0.15, 0.2) is 0 Å². The Morgan fingerprint density at radius 2 is 2.00 bits per heavy atom. The van der Waals surface area contributed by atoms with Gasteiger partial charge in [-0.05, 0) is 31.5 Å². The number of rotatable bonds is 3. The van der Waals surface area contributed by atoms with Crippen LogP contribution in [0.1, 0.15) is 22.8 Å². The fourth-order valence-electron chi connectivity index (χ4n) is 1.34. The monoisotopic (exact) mass is 250 g/mol. The van der Waals surface area contributed by atoms with Crippen LogP contribution in [-0.2, 0) is 14.3 Å². The van der Waals surface area contributed by atoms with Gasteiger partial charge in [-0.1, -0.05) is 6.07 Å². The molecule has 0 heterocycles. The van der Waals surface area contributed by atoms with Crippen LogP contribution in [0.5, 0.6) is 0 Å². The summed E-state index contributed by atoms with van der Waals surface area (Å²) >= 11 is 0. The van der Waals surface area contributed by atoms with E-state index in [2.05, 4.69) is 10.1 Å². The number of nitrogens with two attached hydrogens (primary N) is 1. The quantitative estimate of drug-likeness (QED) is 0.606. The first-order chi connectivity index (χ1) is 8.45. The second-order valence-corrected chi connectivity index (χ2v) is 3.57. The molecule has 96 valence electrons. The van der Waals surface area contributed by atoms with E-state index < -0.39 is 17.8 Å². The van der Waals surface area contributed by atoms with Crippen molar-refractivity contribution in [2.45, 2.75) is 13.8 Å². The van der Waals surface area contributed by atoms with Crippen LogP contribution in [0, 0.1) is 6.92 Å². The van der Waals surface area contributed by atoms with Gasteiger partial charge in [0.1, 0.15) is 0 Å². The zero-order valence-corrected chi connectivity index (χ0v) is 10.1. The third-order valence-corrected chi connectivity index (χ3v) is 2.22. The molecule has 1 rings (SSSR count). The minimum Gasteiger partial charge on any atom is -0.459 e. The van der Waals surface area contributed by atoms with Gasteiger partial charge in [-0.25, -0.2) is 4.79 Å². The second kappa shape index (κ2) is 5.81. The number of esters is 1. The summed E-state index contributed by atoms with van der Waals surface area (Å²) < 4.78 is 4.53. The van der Waals surface area contributed by atoms with Crippen LogP contribution in [0.4, 0.5) is 5.69 Å². The Balaban J connectivity index is 2.86. The van der Waals surface area contributed by atoms with Gasteiger partial charge < -0.3 is 15.8 Å². The summed E-state index contributed by atoms with van der Waals surface area (Å²) in [4.78, 5) is 33.6. The molecule has 1 aromatic carbocycles. The molecule has 0 saturated carbocycles. The number of carbonyl (C=O) groups excluding carboxylic acids is 3. The Morgan fingerprint density at radius 1 is 1.33 bits per heavy atom. The number of benzene rings is 1. The number of aryl methyl sites for hydroxylation is 1. The lowest BCUT2D eigenvalue weighted by molar-refractivity contribution is -0.152. The molecule has 6 nitrogen and oxygen atoms in total. The maximum absolute atomic E-state index is 11.4. The van der Waals surface area contributed by atoms with Gasteiger partial charge in [0.2, 0.25) is 5.91 Å². The molecule has 0 aliphatic heterocycles. The number of nitrogens with one attached hydrogen (secondary N) is 1. The highest BCUT2D eigenvalue weighted by molar-refractivity contribution is 6.37. The van der Waals surface area contributed by atoms with Gasteiger partial charge >= 0.3 is 11.9 Å². The maximum Gasteiger partial charge on any atom is 0.397 e. The first-order valence-electron chi connectivity index (χ1n) is 5.34. The van der Waals surface area contributed by atoms with Crippen LogP contribution in [0.25, 0.3) is 0 Å². The van der Waals surface area contributed by atoms with Crippen molar-refractivity contribution in [2.24, 2.45) is 5.73 Å². The average molecular weight is 250 g/mol. The van der Waals surface area contributed by atoms with Gasteiger partial charge in [0.05, 0.1) is 6.61 Å². The maximum atomic E-state index is 11.4. The molecule has 0 aliphatic carbocycles. The first-order valence-corrected chi connectivity index (χ1v) is 5.34. The normalized spacial score (nSPS) is 9.67. The van der Waals surface area contributed by atoms with Crippen LogP contribution in [0.3, 0.4) is 0 Å². The summed E-state index contributed by atoms with van der Waals surface area (Å²) in [7, 11) is 0. The van der Waals surface area contributed by atoms with E-state index in [1.54, 1.807) is 26.0 Å². The standard InChI is InChI=1S/C12H14N2O4/c1-3-18-12(17)11(16)14-8-5-4-7(2)9(6-8)10(13)15/h4-6H,3H2,1-2H3,(H2,13,15)(H,14,16). The molecule has 18 heavy (non-hydrogen) atoms. The average Bonchev–Trinajstić information content (AvgIpc) is 2.31. The fraction of sp³-hybridized carbons (Fsp3) is 0.250. The van der Waals surface area contributed by atoms with Crippen molar-refractivity contribution < 1.29 is 19.1 Å². The SMILES string of the molecule is CCOC(=O)C(=O)Nc1ccc(C)c(C(N)=O)c1. The lowest BCUT2D eigenvalue weighted by atomic mass is 10.1. The molecule has 0 aromatic heterocycles. The van der Waals surface area contributed by atoms with Gasteiger partial charge in [-0.3, -0.25) is 9.59 Å². The lowest BCUT2D eigenvalue weighted by Gasteiger charge is -2.07. The minimum atomic E-state index is -0.973. The Labute approximate surface area is 104 Å².